The zero-order chi connectivity index (χ0) is 27.9. The van der Waals surface area contributed by atoms with Crippen molar-refractivity contribution in [2.45, 2.75) is 45.3 Å². The number of ether oxygens (including phenoxy) is 1. The lowest BCUT2D eigenvalue weighted by Gasteiger charge is -2.33. The molecule has 3 aromatic heterocycles. The minimum absolute atomic E-state index is 0.0444. The number of aryl methyl sites for hydroxylation is 1. The highest BCUT2D eigenvalue weighted by atomic mass is 16.6. The van der Waals surface area contributed by atoms with Crippen molar-refractivity contribution >= 4 is 33.7 Å². The van der Waals surface area contributed by atoms with Crippen molar-refractivity contribution in [1.82, 2.24) is 29.3 Å². The maximum absolute atomic E-state index is 13.5. The van der Waals surface area contributed by atoms with Crippen LogP contribution >= 0.6 is 0 Å². The first-order chi connectivity index (χ1) is 18.6. The van der Waals surface area contributed by atoms with Crippen molar-refractivity contribution in [3.63, 3.8) is 0 Å². The lowest BCUT2D eigenvalue weighted by atomic mass is 10.0. The van der Waals surface area contributed by atoms with Gasteiger partial charge < -0.3 is 20.7 Å². The predicted molar refractivity (Wildman–Crippen MR) is 153 cm³/mol. The second-order valence-electron chi connectivity index (χ2n) is 11.0. The van der Waals surface area contributed by atoms with Crippen LogP contribution in [0.4, 0.5) is 4.79 Å². The lowest BCUT2D eigenvalue weighted by molar-refractivity contribution is 0.0188. The predicted octanol–water partition coefficient (Wildman–Crippen LogP) is 4.00. The molecule has 0 bridgehead atoms. The number of benzene rings is 1. The summed E-state index contributed by atoms with van der Waals surface area (Å²) >= 11 is 0. The first-order valence-electron chi connectivity index (χ1n) is 13.1. The summed E-state index contributed by atoms with van der Waals surface area (Å²) in [7, 11) is 3.57. The SMILES string of the molecule is CN/C=C(\N)c1ccc(-c2ccc3ncc4c(c3c2)n(C2CCN(C(=O)OC(C)(C)C)CC2)c(=O)n4C)cn1. The Morgan fingerprint density at radius 1 is 1.10 bits per heavy atom. The molecule has 10 nitrogen and oxygen atoms in total. The van der Waals surface area contributed by atoms with E-state index < -0.39 is 5.60 Å². The van der Waals surface area contributed by atoms with Crippen LogP contribution in [0.5, 0.6) is 0 Å². The molecule has 39 heavy (non-hydrogen) atoms. The van der Waals surface area contributed by atoms with Crippen molar-refractivity contribution < 1.29 is 9.53 Å². The number of hydrogen-bond acceptors (Lipinski definition) is 7. The number of pyridine rings is 2. The first-order valence-corrected chi connectivity index (χ1v) is 13.1. The van der Waals surface area contributed by atoms with E-state index >= 15 is 0 Å². The summed E-state index contributed by atoms with van der Waals surface area (Å²) in [5.74, 6) is 0. The van der Waals surface area contributed by atoms with Crippen LogP contribution < -0.4 is 16.7 Å². The number of aromatic nitrogens is 4. The normalized spacial score (nSPS) is 15.2. The number of imidazole rings is 1. The molecular formula is C29H35N7O3. The number of rotatable bonds is 4. The van der Waals surface area contributed by atoms with E-state index in [1.807, 2.05) is 49.6 Å². The quantitative estimate of drug-likeness (QED) is 0.410. The number of carbonyl (C=O) groups excluding carboxylic acids is 1. The van der Waals surface area contributed by atoms with E-state index in [0.717, 1.165) is 33.1 Å². The second-order valence-corrected chi connectivity index (χ2v) is 11.0. The number of likely N-dealkylation sites (tertiary alicyclic amines) is 1. The van der Waals surface area contributed by atoms with E-state index in [4.69, 9.17) is 10.5 Å². The van der Waals surface area contributed by atoms with Crippen LogP contribution in [0.15, 0.2) is 53.7 Å². The number of nitrogens with zero attached hydrogens (tertiary/aromatic N) is 5. The number of amides is 1. The molecule has 5 rings (SSSR count). The average Bonchev–Trinajstić information content (AvgIpc) is 3.17. The molecule has 204 valence electrons. The zero-order valence-corrected chi connectivity index (χ0v) is 23.1. The lowest BCUT2D eigenvalue weighted by Crippen LogP contribution is -2.43. The van der Waals surface area contributed by atoms with Gasteiger partial charge in [0.25, 0.3) is 0 Å². The third-order valence-electron chi connectivity index (χ3n) is 7.09. The number of carbonyl (C=O) groups is 1. The molecule has 1 aromatic carbocycles. The van der Waals surface area contributed by atoms with Crippen molar-refractivity contribution in [2.75, 3.05) is 20.1 Å². The fourth-order valence-corrected chi connectivity index (χ4v) is 5.14. The minimum Gasteiger partial charge on any atom is -0.444 e. The molecule has 10 heteroatoms. The van der Waals surface area contributed by atoms with Crippen LogP contribution in [0.25, 0.3) is 38.8 Å². The van der Waals surface area contributed by atoms with E-state index in [9.17, 15) is 9.59 Å². The van der Waals surface area contributed by atoms with Gasteiger partial charge in [-0.05, 0) is 57.4 Å². The Morgan fingerprint density at radius 3 is 2.46 bits per heavy atom. The Morgan fingerprint density at radius 2 is 1.82 bits per heavy atom. The van der Waals surface area contributed by atoms with Gasteiger partial charge in [0.1, 0.15) is 5.60 Å². The van der Waals surface area contributed by atoms with Gasteiger partial charge in [0.2, 0.25) is 0 Å². The van der Waals surface area contributed by atoms with Crippen molar-refractivity contribution in [2.24, 2.45) is 12.8 Å². The van der Waals surface area contributed by atoms with E-state index in [-0.39, 0.29) is 17.8 Å². The summed E-state index contributed by atoms with van der Waals surface area (Å²) in [6.07, 6.45) is 6.27. The fraction of sp³-hybridized carbons (Fsp3) is 0.379. The van der Waals surface area contributed by atoms with Crippen molar-refractivity contribution in [3.05, 3.63) is 65.1 Å². The van der Waals surface area contributed by atoms with Gasteiger partial charge in [-0.2, -0.15) is 0 Å². The molecule has 1 amide bonds. The Balaban J connectivity index is 1.52. The third kappa shape index (κ3) is 5.06. The van der Waals surface area contributed by atoms with E-state index in [1.165, 1.54) is 0 Å². The Kier molecular flexibility index (Phi) is 6.80. The number of nitrogens with one attached hydrogen (secondary N) is 1. The summed E-state index contributed by atoms with van der Waals surface area (Å²) in [5.41, 5.74) is 11.0. The maximum atomic E-state index is 13.5. The number of hydrogen-bond donors (Lipinski definition) is 2. The molecule has 1 aliphatic heterocycles. The summed E-state index contributed by atoms with van der Waals surface area (Å²) in [6.45, 7) is 6.64. The monoisotopic (exact) mass is 529 g/mol. The Labute approximate surface area is 227 Å². The van der Waals surface area contributed by atoms with Gasteiger partial charge in [-0.3, -0.25) is 19.1 Å². The van der Waals surface area contributed by atoms with Gasteiger partial charge in [0.05, 0.1) is 34.1 Å². The highest BCUT2D eigenvalue weighted by Gasteiger charge is 2.30. The van der Waals surface area contributed by atoms with Crippen LogP contribution in [0, 0.1) is 0 Å². The molecule has 0 aliphatic carbocycles. The van der Waals surface area contributed by atoms with Gasteiger partial charge in [-0.15, -0.1) is 0 Å². The van der Waals surface area contributed by atoms with Gasteiger partial charge in [-0.1, -0.05) is 12.1 Å². The zero-order valence-electron chi connectivity index (χ0n) is 23.1. The summed E-state index contributed by atoms with van der Waals surface area (Å²) in [4.78, 5) is 37.0. The van der Waals surface area contributed by atoms with Crippen LogP contribution in [-0.2, 0) is 11.8 Å². The third-order valence-corrected chi connectivity index (χ3v) is 7.09. The average molecular weight is 530 g/mol. The van der Waals surface area contributed by atoms with Crippen LogP contribution in [0.3, 0.4) is 0 Å². The molecule has 1 fully saturated rings. The molecule has 4 heterocycles. The van der Waals surface area contributed by atoms with Crippen LogP contribution in [0.1, 0.15) is 45.3 Å². The van der Waals surface area contributed by atoms with Gasteiger partial charge in [-0.25, -0.2) is 9.59 Å². The summed E-state index contributed by atoms with van der Waals surface area (Å²) in [5, 5.41) is 3.81. The molecule has 0 atom stereocenters. The van der Waals surface area contributed by atoms with Gasteiger partial charge in [0.15, 0.2) is 0 Å². The molecule has 1 saturated heterocycles. The summed E-state index contributed by atoms with van der Waals surface area (Å²) < 4.78 is 9.09. The van der Waals surface area contributed by atoms with Gasteiger partial charge >= 0.3 is 11.8 Å². The Bertz CT molecular complexity index is 1620. The first kappa shape index (κ1) is 26.3. The highest BCUT2D eigenvalue weighted by molar-refractivity contribution is 6.04. The maximum Gasteiger partial charge on any atom is 0.410 e. The standard InChI is InChI=1S/C29H35N7O3/c1-29(2,3)39-28(38)35-12-10-20(11-13-35)36-26-21-14-18(19-7-9-24(32-15-19)22(30)16-31-4)6-8-23(21)33-17-25(26)34(5)27(36)37/h6-9,14-17,20,31H,10-13,30H2,1-5H3/b22-16-. The van der Waals surface area contributed by atoms with Crippen LogP contribution in [0.2, 0.25) is 0 Å². The molecule has 0 unspecified atom stereocenters. The smallest absolute Gasteiger partial charge is 0.410 e. The van der Waals surface area contributed by atoms with Crippen molar-refractivity contribution in [3.8, 4) is 11.1 Å². The molecule has 0 saturated carbocycles. The topological polar surface area (TPSA) is 120 Å². The number of nitrogens with two attached hydrogens (primary N) is 1. The Hall–Kier alpha value is -4.34. The molecule has 0 radical (unpaired) electrons. The largest absolute Gasteiger partial charge is 0.444 e. The molecule has 3 N–H and O–H groups in total. The van der Waals surface area contributed by atoms with Crippen molar-refractivity contribution in [1.29, 1.82) is 0 Å². The van der Waals surface area contributed by atoms with E-state index in [2.05, 4.69) is 21.4 Å². The number of fused-ring (bicyclic) bond motifs is 3. The van der Waals surface area contributed by atoms with Gasteiger partial charge in [0, 0.05) is 56.6 Å². The fourth-order valence-electron chi connectivity index (χ4n) is 5.14. The summed E-state index contributed by atoms with van der Waals surface area (Å²) in [6, 6.07) is 9.88. The van der Waals surface area contributed by atoms with E-state index in [0.29, 0.717) is 37.3 Å². The van der Waals surface area contributed by atoms with Crippen LogP contribution in [-0.4, -0.2) is 55.8 Å². The number of piperidine rings is 1. The highest BCUT2D eigenvalue weighted by Crippen LogP contribution is 2.32. The molecule has 0 spiro atoms. The molecular weight excluding hydrogens is 494 g/mol. The molecule has 1 aliphatic rings. The molecule has 4 aromatic rings. The minimum atomic E-state index is -0.546. The second kappa shape index (κ2) is 10.1. The van der Waals surface area contributed by atoms with E-state index in [1.54, 1.807) is 42.2 Å².